The lowest BCUT2D eigenvalue weighted by atomic mass is 9.69. The largest absolute Gasteiger partial charge is 0.374 e. The van der Waals surface area contributed by atoms with Crippen molar-refractivity contribution in [3.8, 4) is 0 Å². The van der Waals surface area contributed by atoms with Gasteiger partial charge in [-0.15, -0.1) is 0 Å². The van der Waals surface area contributed by atoms with Gasteiger partial charge < -0.3 is 4.74 Å². The highest BCUT2D eigenvalue weighted by Crippen LogP contribution is 2.45. The highest BCUT2D eigenvalue weighted by atomic mass is 16.5. The second-order valence-electron chi connectivity index (χ2n) is 12.3. The SMILES string of the molecule is Cc1ccc(Cc2ccc(C)c(C)c2C2CC(C)C(C)CC2OC2CCC(C)C(C)C2)cc1C. The Balaban J connectivity index is 1.67. The maximum Gasteiger partial charge on any atom is 0.0650 e. The van der Waals surface area contributed by atoms with Crippen LogP contribution in [0.3, 0.4) is 0 Å². The molecule has 0 radical (unpaired) electrons. The Bertz CT molecular complexity index is 988. The van der Waals surface area contributed by atoms with E-state index in [2.05, 4.69) is 85.7 Å². The molecular formula is C33H48O. The van der Waals surface area contributed by atoms with Gasteiger partial charge in [-0.05, 0) is 129 Å². The summed E-state index contributed by atoms with van der Waals surface area (Å²) >= 11 is 0. The van der Waals surface area contributed by atoms with Gasteiger partial charge in [0.1, 0.15) is 0 Å². The van der Waals surface area contributed by atoms with Crippen molar-refractivity contribution in [2.45, 2.75) is 112 Å². The highest BCUT2D eigenvalue weighted by molar-refractivity contribution is 5.46. The van der Waals surface area contributed by atoms with Gasteiger partial charge >= 0.3 is 0 Å². The number of rotatable bonds is 5. The molecule has 0 aromatic heterocycles. The van der Waals surface area contributed by atoms with Crippen molar-refractivity contribution in [1.29, 1.82) is 0 Å². The predicted octanol–water partition coefficient (Wildman–Crippen LogP) is 8.87. The zero-order valence-electron chi connectivity index (χ0n) is 23.1. The molecule has 0 spiro atoms. The van der Waals surface area contributed by atoms with Crippen LogP contribution in [0.5, 0.6) is 0 Å². The summed E-state index contributed by atoms with van der Waals surface area (Å²) in [6, 6.07) is 11.7. The minimum atomic E-state index is 0.343. The lowest BCUT2D eigenvalue weighted by Gasteiger charge is -2.43. The van der Waals surface area contributed by atoms with Gasteiger partial charge in [-0.25, -0.2) is 0 Å². The van der Waals surface area contributed by atoms with Crippen LogP contribution in [0.2, 0.25) is 0 Å². The van der Waals surface area contributed by atoms with Gasteiger partial charge in [-0.2, -0.15) is 0 Å². The second-order valence-corrected chi connectivity index (χ2v) is 12.3. The van der Waals surface area contributed by atoms with E-state index in [4.69, 9.17) is 4.74 Å². The van der Waals surface area contributed by atoms with E-state index in [1.165, 1.54) is 65.5 Å². The molecule has 0 N–H and O–H groups in total. The van der Waals surface area contributed by atoms with E-state index in [1.54, 1.807) is 5.56 Å². The zero-order valence-corrected chi connectivity index (χ0v) is 23.1. The summed E-state index contributed by atoms with van der Waals surface area (Å²) < 4.78 is 7.07. The number of hydrogen-bond donors (Lipinski definition) is 0. The molecule has 2 fully saturated rings. The van der Waals surface area contributed by atoms with Gasteiger partial charge in [0.05, 0.1) is 12.2 Å². The zero-order chi connectivity index (χ0) is 24.6. The molecule has 186 valence electrons. The molecule has 0 aliphatic heterocycles. The van der Waals surface area contributed by atoms with E-state index in [0.717, 1.165) is 30.1 Å². The second kappa shape index (κ2) is 10.6. The Morgan fingerprint density at radius 1 is 0.706 bits per heavy atom. The first-order chi connectivity index (χ1) is 16.1. The third-order valence-electron chi connectivity index (χ3n) is 9.78. The van der Waals surface area contributed by atoms with Crippen LogP contribution < -0.4 is 0 Å². The van der Waals surface area contributed by atoms with Crippen LogP contribution >= 0.6 is 0 Å². The Kier molecular flexibility index (Phi) is 7.92. The fourth-order valence-corrected chi connectivity index (χ4v) is 6.57. The van der Waals surface area contributed by atoms with Crippen LogP contribution in [0.1, 0.15) is 105 Å². The predicted molar refractivity (Wildman–Crippen MR) is 146 cm³/mol. The van der Waals surface area contributed by atoms with Crippen molar-refractivity contribution in [3.63, 3.8) is 0 Å². The Morgan fingerprint density at radius 3 is 2.09 bits per heavy atom. The molecule has 1 heteroatoms. The molecule has 2 aromatic rings. The van der Waals surface area contributed by atoms with Crippen LogP contribution in [0, 0.1) is 51.4 Å². The fraction of sp³-hybridized carbons (Fsp3) is 0.636. The van der Waals surface area contributed by atoms with E-state index in [9.17, 15) is 0 Å². The maximum atomic E-state index is 7.07. The third kappa shape index (κ3) is 5.46. The topological polar surface area (TPSA) is 9.23 Å². The molecule has 1 nitrogen and oxygen atoms in total. The standard InChI is InChI=1S/C33H48O/c1-20-9-12-28(15-23(20)4)19-29-13-10-22(3)27(8)33(29)31-17-25(6)26(7)18-32(31)34-30-14-11-21(2)24(5)16-30/h9-10,12-13,15,21,24-26,30-32H,11,14,16-19H2,1-8H3. The molecule has 2 aliphatic carbocycles. The van der Waals surface area contributed by atoms with Crippen molar-refractivity contribution in [2.75, 3.05) is 0 Å². The maximum absolute atomic E-state index is 7.07. The molecule has 0 saturated heterocycles. The van der Waals surface area contributed by atoms with Crippen LogP contribution in [-0.4, -0.2) is 12.2 Å². The molecule has 34 heavy (non-hydrogen) atoms. The molecule has 7 atom stereocenters. The molecule has 2 aromatic carbocycles. The minimum absolute atomic E-state index is 0.343. The van der Waals surface area contributed by atoms with Crippen molar-refractivity contribution in [1.82, 2.24) is 0 Å². The molecule has 2 saturated carbocycles. The Labute approximate surface area is 209 Å². The summed E-state index contributed by atoms with van der Waals surface area (Å²) in [5, 5.41) is 0. The number of benzene rings is 2. The third-order valence-corrected chi connectivity index (χ3v) is 9.78. The van der Waals surface area contributed by atoms with Gasteiger partial charge in [0.25, 0.3) is 0 Å². The van der Waals surface area contributed by atoms with Crippen LogP contribution in [0.4, 0.5) is 0 Å². The highest BCUT2D eigenvalue weighted by Gasteiger charge is 2.38. The van der Waals surface area contributed by atoms with Crippen LogP contribution in [-0.2, 0) is 11.2 Å². The Morgan fingerprint density at radius 2 is 1.38 bits per heavy atom. The minimum Gasteiger partial charge on any atom is -0.374 e. The first-order valence-corrected chi connectivity index (χ1v) is 13.9. The quantitative estimate of drug-likeness (QED) is 0.433. The number of hydrogen-bond acceptors (Lipinski definition) is 1. The van der Waals surface area contributed by atoms with Gasteiger partial charge in [0.2, 0.25) is 0 Å². The lowest BCUT2D eigenvalue weighted by Crippen LogP contribution is -2.39. The summed E-state index contributed by atoms with van der Waals surface area (Å²) in [4.78, 5) is 0. The van der Waals surface area contributed by atoms with Crippen molar-refractivity contribution < 1.29 is 4.74 Å². The Hall–Kier alpha value is -1.60. The van der Waals surface area contributed by atoms with Gasteiger partial charge in [-0.1, -0.05) is 58.0 Å². The van der Waals surface area contributed by atoms with Gasteiger partial charge in [-0.3, -0.25) is 0 Å². The average Bonchev–Trinajstić information content (AvgIpc) is 2.79. The molecule has 0 amide bonds. The van der Waals surface area contributed by atoms with E-state index in [1.807, 2.05) is 0 Å². The summed E-state index contributed by atoms with van der Waals surface area (Å²) in [7, 11) is 0. The van der Waals surface area contributed by atoms with Crippen LogP contribution in [0.15, 0.2) is 30.3 Å². The fourth-order valence-electron chi connectivity index (χ4n) is 6.57. The summed E-state index contributed by atoms with van der Waals surface area (Å²) in [6.07, 6.45) is 8.03. The summed E-state index contributed by atoms with van der Waals surface area (Å²) in [6.45, 7) is 18.8. The van der Waals surface area contributed by atoms with E-state index in [0.29, 0.717) is 18.1 Å². The van der Waals surface area contributed by atoms with Gasteiger partial charge in [0.15, 0.2) is 0 Å². The smallest absolute Gasteiger partial charge is 0.0650 e. The molecule has 7 unspecified atom stereocenters. The average molecular weight is 461 g/mol. The van der Waals surface area contributed by atoms with E-state index >= 15 is 0 Å². The van der Waals surface area contributed by atoms with Crippen molar-refractivity contribution in [3.05, 3.63) is 69.3 Å². The van der Waals surface area contributed by atoms with Crippen LogP contribution in [0.25, 0.3) is 0 Å². The molecule has 0 heterocycles. The van der Waals surface area contributed by atoms with Crippen molar-refractivity contribution in [2.24, 2.45) is 23.7 Å². The number of aryl methyl sites for hydroxylation is 3. The lowest BCUT2D eigenvalue weighted by molar-refractivity contribution is -0.0836. The molecule has 4 rings (SSSR count). The van der Waals surface area contributed by atoms with E-state index < -0.39 is 0 Å². The summed E-state index contributed by atoms with van der Waals surface area (Å²) in [5.74, 6) is 3.59. The van der Waals surface area contributed by atoms with Gasteiger partial charge in [0, 0.05) is 5.92 Å². The molecule has 2 aliphatic rings. The first kappa shape index (κ1) is 25.5. The number of ether oxygens (including phenoxy) is 1. The van der Waals surface area contributed by atoms with Crippen molar-refractivity contribution >= 4 is 0 Å². The molecule has 0 bridgehead atoms. The first-order valence-electron chi connectivity index (χ1n) is 13.9. The normalized spacial score (nSPS) is 32.1. The molecular weight excluding hydrogens is 412 g/mol. The van der Waals surface area contributed by atoms with E-state index in [-0.39, 0.29) is 0 Å². The monoisotopic (exact) mass is 460 g/mol. The summed E-state index contributed by atoms with van der Waals surface area (Å²) in [5.41, 5.74) is 10.2.